The smallest absolute Gasteiger partial charge is 0.237 e. The number of fused-ring (bicyclic) bond motifs is 15. The van der Waals surface area contributed by atoms with Crippen LogP contribution in [0.15, 0.2) is 219 Å². The summed E-state index contributed by atoms with van der Waals surface area (Å²) in [5, 5.41) is 9.99. The van der Waals surface area contributed by atoms with Gasteiger partial charge in [0, 0.05) is 66.2 Å². The Balaban J connectivity index is 1.05. The topological polar surface area (TPSA) is 71.3 Å². The first-order chi connectivity index (χ1) is 33.8. The van der Waals surface area contributed by atoms with E-state index in [-0.39, 0.29) is 0 Å². The van der Waals surface area contributed by atoms with E-state index < -0.39 is 0 Å². The molecule has 15 rings (SSSR count). The zero-order chi connectivity index (χ0) is 44.5. The van der Waals surface area contributed by atoms with Crippen molar-refractivity contribution in [2.24, 2.45) is 0 Å². The quantitative estimate of drug-likeness (QED) is 0.173. The van der Waals surface area contributed by atoms with Crippen LogP contribution in [0, 0.1) is 0 Å². The molecule has 0 saturated heterocycles. The van der Waals surface area contributed by atoms with E-state index in [9.17, 15) is 0 Å². The van der Waals surface area contributed by atoms with Gasteiger partial charge < -0.3 is 9.13 Å². The Labute approximate surface area is 387 Å². The zero-order valence-corrected chi connectivity index (χ0v) is 36.4. The van der Waals surface area contributed by atoms with E-state index in [1.54, 1.807) is 0 Å². The molecule has 0 N–H and O–H groups in total. The second-order valence-corrected chi connectivity index (χ2v) is 17.4. The molecule has 6 aromatic heterocycles. The van der Waals surface area contributed by atoms with E-state index in [0.29, 0.717) is 17.5 Å². The number of hydrogen-bond donors (Lipinski definition) is 0. The van der Waals surface area contributed by atoms with E-state index in [1.165, 1.54) is 16.2 Å². The summed E-state index contributed by atoms with van der Waals surface area (Å²) in [4.78, 5) is 21.7. The maximum Gasteiger partial charge on any atom is 0.237 e. The van der Waals surface area contributed by atoms with Crippen LogP contribution >= 0.6 is 0 Å². The second-order valence-electron chi connectivity index (χ2n) is 17.4. The van der Waals surface area contributed by atoms with Crippen LogP contribution in [-0.4, -0.2) is 38.2 Å². The highest BCUT2D eigenvalue weighted by molar-refractivity contribution is 6.26. The van der Waals surface area contributed by atoms with Crippen LogP contribution in [0.4, 0.5) is 0 Å². The molecule has 0 amide bonds. The SMILES string of the molecule is c1ccc(-c2nc(-n3c4ccccc4c4c3ccc3c5ccccc5n(-c5ccccc5)c34)nc3nc(-n4c5ccccc5c5ccc6c7ccccc7n(-c7ccccc7)c6c54)ncc23)cc1. The number of rotatable bonds is 5. The molecule has 0 radical (unpaired) electrons. The van der Waals surface area contributed by atoms with Gasteiger partial charge in [0.25, 0.3) is 0 Å². The lowest BCUT2D eigenvalue weighted by Gasteiger charge is -2.14. The monoisotopic (exact) mass is 868 g/mol. The molecular formula is C60H36N8. The summed E-state index contributed by atoms with van der Waals surface area (Å²) in [5.41, 5.74) is 13.0. The third kappa shape index (κ3) is 5.08. The first-order valence-electron chi connectivity index (χ1n) is 22.9. The van der Waals surface area contributed by atoms with Gasteiger partial charge in [0.15, 0.2) is 5.65 Å². The molecule has 0 bridgehead atoms. The van der Waals surface area contributed by atoms with Crippen molar-refractivity contribution in [2.75, 3.05) is 0 Å². The molecule has 68 heavy (non-hydrogen) atoms. The van der Waals surface area contributed by atoms with Crippen molar-refractivity contribution in [3.63, 3.8) is 0 Å². The van der Waals surface area contributed by atoms with Gasteiger partial charge in [-0.3, -0.25) is 9.13 Å². The summed E-state index contributed by atoms with van der Waals surface area (Å²) in [6, 6.07) is 75.1. The van der Waals surface area contributed by atoms with Gasteiger partial charge >= 0.3 is 0 Å². The summed E-state index contributed by atoms with van der Waals surface area (Å²) in [7, 11) is 0. The fraction of sp³-hybridized carbons (Fsp3) is 0. The number of aromatic nitrogens is 8. The summed E-state index contributed by atoms with van der Waals surface area (Å²) in [5.74, 6) is 1.06. The number of para-hydroxylation sites is 6. The van der Waals surface area contributed by atoms with Crippen LogP contribution in [0.5, 0.6) is 0 Å². The van der Waals surface area contributed by atoms with Gasteiger partial charge in [-0.1, -0.05) is 158 Å². The van der Waals surface area contributed by atoms with Gasteiger partial charge in [-0.25, -0.2) is 9.97 Å². The molecule has 0 atom stereocenters. The van der Waals surface area contributed by atoms with Crippen LogP contribution < -0.4 is 0 Å². The highest BCUT2D eigenvalue weighted by atomic mass is 15.2. The Hall–Kier alpha value is -9.40. The van der Waals surface area contributed by atoms with Gasteiger partial charge in [0.1, 0.15) is 0 Å². The van der Waals surface area contributed by atoms with E-state index in [1.807, 2.05) is 24.4 Å². The minimum atomic E-state index is 0.529. The predicted molar refractivity (Wildman–Crippen MR) is 278 cm³/mol. The highest BCUT2D eigenvalue weighted by Crippen LogP contribution is 2.44. The van der Waals surface area contributed by atoms with Crippen molar-refractivity contribution < 1.29 is 0 Å². The number of nitrogens with zero attached hydrogens (tertiary/aromatic N) is 8. The molecule has 8 nitrogen and oxygen atoms in total. The molecule has 15 aromatic rings. The van der Waals surface area contributed by atoms with Crippen LogP contribution in [0.2, 0.25) is 0 Å². The van der Waals surface area contributed by atoms with Crippen LogP contribution in [-0.2, 0) is 0 Å². The van der Waals surface area contributed by atoms with Crippen LogP contribution in [0.25, 0.3) is 133 Å². The van der Waals surface area contributed by atoms with Crippen molar-refractivity contribution in [2.45, 2.75) is 0 Å². The van der Waals surface area contributed by atoms with E-state index >= 15 is 0 Å². The summed E-state index contributed by atoms with van der Waals surface area (Å²) in [6.07, 6.45) is 1.91. The van der Waals surface area contributed by atoms with E-state index in [2.05, 4.69) is 212 Å². The molecule has 0 saturated carbocycles. The molecule has 6 heterocycles. The van der Waals surface area contributed by atoms with Gasteiger partial charge in [-0.15, -0.1) is 0 Å². The normalized spacial score (nSPS) is 12.1. The molecule has 9 aromatic carbocycles. The average Bonchev–Trinajstić information content (AvgIpc) is 4.14. The average molecular weight is 869 g/mol. The van der Waals surface area contributed by atoms with Gasteiger partial charge in [-0.2, -0.15) is 9.97 Å². The van der Waals surface area contributed by atoms with Crippen LogP contribution in [0.3, 0.4) is 0 Å². The van der Waals surface area contributed by atoms with Crippen molar-refractivity contribution in [3.8, 4) is 34.5 Å². The first kappa shape index (κ1) is 36.9. The Morgan fingerprint density at radius 3 is 1.32 bits per heavy atom. The molecule has 316 valence electrons. The predicted octanol–water partition coefficient (Wildman–Crippen LogP) is 14.5. The van der Waals surface area contributed by atoms with Gasteiger partial charge in [-0.05, 0) is 54.6 Å². The van der Waals surface area contributed by atoms with Gasteiger partial charge in [0.05, 0.1) is 55.2 Å². The third-order valence-corrected chi connectivity index (χ3v) is 13.8. The lowest BCUT2D eigenvalue weighted by Crippen LogP contribution is -2.07. The molecule has 0 spiro atoms. The Morgan fingerprint density at radius 1 is 0.279 bits per heavy atom. The standard InChI is InChI=1S/C60H36N8/c1-4-18-37(19-5-1)54-47-36-61-59(68-50-30-16-12-26-42(50)45-33-32-44-41-25-11-15-29-49(41)66(56(44)57(45)68)39-22-8-3-9-23-39)63-58(47)64-60(62-54)67-51-31-17-13-27-46(51)53-52(67)35-34-43-40-24-10-14-28-48(40)65(55(43)53)38-20-6-2-7-21-38/h1-36H. The maximum absolute atomic E-state index is 5.50. The van der Waals surface area contributed by atoms with Crippen molar-refractivity contribution >= 4 is 98.3 Å². The summed E-state index contributed by atoms with van der Waals surface area (Å²) < 4.78 is 9.23. The Kier molecular flexibility index (Phi) is 7.62. The Morgan fingerprint density at radius 2 is 0.721 bits per heavy atom. The molecule has 0 unspecified atom stereocenters. The lowest BCUT2D eigenvalue weighted by molar-refractivity contribution is 0.969. The molecule has 0 aliphatic carbocycles. The molecule has 0 fully saturated rings. The third-order valence-electron chi connectivity index (χ3n) is 13.8. The fourth-order valence-electron chi connectivity index (χ4n) is 11.0. The maximum atomic E-state index is 5.50. The van der Waals surface area contributed by atoms with Crippen molar-refractivity contribution in [1.82, 2.24) is 38.2 Å². The molecule has 0 aliphatic heterocycles. The number of hydrogen-bond acceptors (Lipinski definition) is 4. The second kappa shape index (κ2) is 14.1. The fourth-order valence-corrected chi connectivity index (χ4v) is 11.0. The zero-order valence-electron chi connectivity index (χ0n) is 36.4. The lowest BCUT2D eigenvalue weighted by atomic mass is 10.1. The van der Waals surface area contributed by atoms with Crippen molar-refractivity contribution in [1.29, 1.82) is 0 Å². The molecular weight excluding hydrogens is 833 g/mol. The first-order valence-corrected chi connectivity index (χ1v) is 22.9. The number of benzene rings is 9. The van der Waals surface area contributed by atoms with E-state index in [0.717, 1.165) is 99.1 Å². The Bertz CT molecular complexity index is 4540. The summed E-state index contributed by atoms with van der Waals surface area (Å²) >= 11 is 0. The minimum absolute atomic E-state index is 0.529. The summed E-state index contributed by atoms with van der Waals surface area (Å²) in [6.45, 7) is 0. The molecule has 0 aliphatic rings. The van der Waals surface area contributed by atoms with Crippen molar-refractivity contribution in [3.05, 3.63) is 219 Å². The minimum Gasteiger partial charge on any atom is -0.309 e. The van der Waals surface area contributed by atoms with Crippen LogP contribution in [0.1, 0.15) is 0 Å². The van der Waals surface area contributed by atoms with E-state index in [4.69, 9.17) is 19.9 Å². The largest absolute Gasteiger partial charge is 0.309 e. The highest BCUT2D eigenvalue weighted by Gasteiger charge is 2.25. The molecule has 8 heteroatoms. The van der Waals surface area contributed by atoms with Gasteiger partial charge in [0.2, 0.25) is 11.9 Å².